The van der Waals surface area contributed by atoms with Crippen LogP contribution in [0, 0.1) is 5.41 Å². The average Bonchev–Trinajstić information content (AvgIpc) is 2.18. The summed E-state index contributed by atoms with van der Waals surface area (Å²) in [6.07, 6.45) is 0. The third kappa shape index (κ3) is 2.52. The maximum absolute atomic E-state index is 12.1. The quantitative estimate of drug-likeness (QED) is 0.646. The van der Waals surface area contributed by atoms with Crippen molar-refractivity contribution in [2.75, 3.05) is 13.1 Å². The van der Waals surface area contributed by atoms with E-state index in [1.54, 1.807) is 11.8 Å². The van der Waals surface area contributed by atoms with Crippen molar-refractivity contribution in [1.29, 1.82) is 0 Å². The topological polar surface area (TPSA) is 75.4 Å². The Kier molecular flexibility index (Phi) is 3.57. The summed E-state index contributed by atoms with van der Waals surface area (Å²) in [4.78, 5) is 25.1. The fourth-order valence-electron chi connectivity index (χ4n) is 1.63. The molecule has 3 N–H and O–H groups in total. The third-order valence-electron chi connectivity index (χ3n) is 2.98. The normalized spacial score (nSPS) is 23.9. The second-order valence-corrected chi connectivity index (χ2v) is 5.34. The van der Waals surface area contributed by atoms with Gasteiger partial charge in [-0.1, -0.05) is 20.8 Å². The molecular weight excluding hydrogens is 206 g/mol. The molecule has 1 heterocycles. The molecule has 1 unspecified atom stereocenters. The first-order valence-corrected chi connectivity index (χ1v) is 5.59. The summed E-state index contributed by atoms with van der Waals surface area (Å²) in [7, 11) is 0. The first-order valence-electron chi connectivity index (χ1n) is 5.59. The van der Waals surface area contributed by atoms with E-state index in [0.29, 0.717) is 13.1 Å². The van der Waals surface area contributed by atoms with Gasteiger partial charge in [0.05, 0.1) is 6.04 Å². The van der Waals surface area contributed by atoms with Crippen LogP contribution in [-0.4, -0.2) is 41.9 Å². The SMILES string of the molecule is CC1C(=O)NCCN1C(=O)[C@@H](N)C(C)(C)C. The maximum Gasteiger partial charge on any atom is 0.242 e. The van der Waals surface area contributed by atoms with E-state index in [4.69, 9.17) is 5.73 Å². The lowest BCUT2D eigenvalue weighted by Gasteiger charge is -2.37. The number of piperazine rings is 1. The predicted molar refractivity (Wildman–Crippen MR) is 61.6 cm³/mol. The van der Waals surface area contributed by atoms with E-state index in [9.17, 15) is 9.59 Å². The Hall–Kier alpha value is -1.10. The van der Waals surface area contributed by atoms with E-state index >= 15 is 0 Å². The summed E-state index contributed by atoms with van der Waals surface area (Å²) in [6.45, 7) is 8.53. The van der Waals surface area contributed by atoms with Crippen molar-refractivity contribution in [3.8, 4) is 0 Å². The number of carbonyl (C=O) groups excluding carboxylic acids is 2. The van der Waals surface area contributed by atoms with Gasteiger partial charge in [-0.15, -0.1) is 0 Å². The van der Waals surface area contributed by atoms with Gasteiger partial charge in [0.1, 0.15) is 6.04 Å². The zero-order valence-electron chi connectivity index (χ0n) is 10.4. The van der Waals surface area contributed by atoms with Crippen LogP contribution in [0.4, 0.5) is 0 Å². The molecule has 16 heavy (non-hydrogen) atoms. The summed E-state index contributed by atoms with van der Waals surface area (Å²) in [5.74, 6) is -0.254. The molecule has 0 aromatic carbocycles. The number of hydrogen-bond acceptors (Lipinski definition) is 3. The van der Waals surface area contributed by atoms with Crippen LogP contribution in [0.2, 0.25) is 0 Å². The fraction of sp³-hybridized carbons (Fsp3) is 0.818. The molecule has 1 fully saturated rings. The predicted octanol–water partition coefficient (Wildman–Crippen LogP) is -0.293. The van der Waals surface area contributed by atoms with E-state index in [0.717, 1.165) is 0 Å². The van der Waals surface area contributed by atoms with Crippen LogP contribution in [0.1, 0.15) is 27.7 Å². The van der Waals surface area contributed by atoms with Gasteiger partial charge in [0.2, 0.25) is 11.8 Å². The van der Waals surface area contributed by atoms with Gasteiger partial charge in [-0.3, -0.25) is 9.59 Å². The Balaban J connectivity index is 2.77. The highest BCUT2D eigenvalue weighted by Crippen LogP contribution is 2.20. The van der Waals surface area contributed by atoms with E-state index in [1.807, 2.05) is 20.8 Å². The van der Waals surface area contributed by atoms with Crippen LogP contribution in [0.25, 0.3) is 0 Å². The van der Waals surface area contributed by atoms with Gasteiger partial charge in [-0.2, -0.15) is 0 Å². The van der Waals surface area contributed by atoms with Crippen molar-refractivity contribution in [3.05, 3.63) is 0 Å². The lowest BCUT2D eigenvalue weighted by molar-refractivity contribution is -0.145. The first-order chi connectivity index (χ1) is 7.25. The number of nitrogens with zero attached hydrogens (tertiary/aromatic N) is 1. The first kappa shape index (κ1) is 13.0. The number of nitrogens with one attached hydrogen (secondary N) is 1. The molecular formula is C11H21N3O2. The lowest BCUT2D eigenvalue weighted by Crippen LogP contribution is -2.61. The molecule has 2 amide bonds. The second-order valence-electron chi connectivity index (χ2n) is 5.34. The zero-order valence-corrected chi connectivity index (χ0v) is 10.4. The minimum Gasteiger partial charge on any atom is -0.353 e. The van der Waals surface area contributed by atoms with Gasteiger partial charge >= 0.3 is 0 Å². The van der Waals surface area contributed by atoms with Crippen LogP contribution < -0.4 is 11.1 Å². The van der Waals surface area contributed by atoms with Crippen LogP contribution in [-0.2, 0) is 9.59 Å². The van der Waals surface area contributed by atoms with Gasteiger partial charge in [-0.25, -0.2) is 0 Å². The molecule has 0 radical (unpaired) electrons. The summed E-state index contributed by atoms with van der Waals surface area (Å²) in [6, 6.07) is -0.990. The third-order valence-corrected chi connectivity index (χ3v) is 2.98. The number of nitrogens with two attached hydrogens (primary N) is 1. The molecule has 1 aliphatic heterocycles. The van der Waals surface area contributed by atoms with E-state index in [1.165, 1.54) is 0 Å². The Morgan fingerprint density at radius 3 is 2.62 bits per heavy atom. The Morgan fingerprint density at radius 1 is 1.56 bits per heavy atom. The molecule has 1 saturated heterocycles. The summed E-state index contributed by atoms with van der Waals surface area (Å²) in [5, 5.41) is 2.72. The molecule has 1 aliphatic rings. The largest absolute Gasteiger partial charge is 0.353 e. The number of hydrogen-bond donors (Lipinski definition) is 2. The highest BCUT2D eigenvalue weighted by atomic mass is 16.2. The molecule has 0 spiro atoms. The molecule has 2 atom stereocenters. The van der Waals surface area contributed by atoms with Crippen LogP contribution in [0.15, 0.2) is 0 Å². The van der Waals surface area contributed by atoms with Gasteiger partial charge in [0, 0.05) is 13.1 Å². The smallest absolute Gasteiger partial charge is 0.242 e. The number of carbonyl (C=O) groups is 2. The highest BCUT2D eigenvalue weighted by molar-refractivity contribution is 5.90. The highest BCUT2D eigenvalue weighted by Gasteiger charge is 2.36. The molecule has 1 rings (SSSR count). The van der Waals surface area contributed by atoms with E-state index in [-0.39, 0.29) is 17.2 Å². The van der Waals surface area contributed by atoms with E-state index in [2.05, 4.69) is 5.32 Å². The van der Waals surface area contributed by atoms with Gasteiger partial charge in [0.25, 0.3) is 0 Å². The molecule has 92 valence electrons. The summed E-state index contributed by atoms with van der Waals surface area (Å²) < 4.78 is 0. The van der Waals surface area contributed by atoms with E-state index < -0.39 is 12.1 Å². The van der Waals surface area contributed by atoms with Crippen molar-refractivity contribution in [3.63, 3.8) is 0 Å². The minimum atomic E-state index is -0.569. The zero-order chi connectivity index (χ0) is 12.5. The summed E-state index contributed by atoms with van der Waals surface area (Å²) in [5.41, 5.74) is 5.62. The van der Waals surface area contributed by atoms with Crippen molar-refractivity contribution in [2.45, 2.75) is 39.8 Å². The molecule has 0 saturated carbocycles. The van der Waals surface area contributed by atoms with Gasteiger partial charge in [0.15, 0.2) is 0 Å². The molecule has 0 aromatic rings. The molecule has 0 aliphatic carbocycles. The van der Waals surface area contributed by atoms with Crippen molar-refractivity contribution in [2.24, 2.45) is 11.1 Å². The summed E-state index contributed by atoms with van der Waals surface area (Å²) >= 11 is 0. The monoisotopic (exact) mass is 227 g/mol. The minimum absolute atomic E-state index is 0.110. The second kappa shape index (κ2) is 4.41. The molecule has 5 heteroatoms. The van der Waals surface area contributed by atoms with Crippen LogP contribution in [0.3, 0.4) is 0 Å². The number of rotatable bonds is 1. The van der Waals surface area contributed by atoms with Crippen molar-refractivity contribution < 1.29 is 9.59 Å². The Morgan fingerprint density at radius 2 is 2.12 bits per heavy atom. The average molecular weight is 227 g/mol. The molecule has 0 aromatic heterocycles. The van der Waals surface area contributed by atoms with Crippen molar-refractivity contribution in [1.82, 2.24) is 10.2 Å². The van der Waals surface area contributed by atoms with Crippen LogP contribution >= 0.6 is 0 Å². The van der Waals surface area contributed by atoms with Gasteiger partial charge in [-0.05, 0) is 12.3 Å². The fourth-order valence-corrected chi connectivity index (χ4v) is 1.63. The van der Waals surface area contributed by atoms with Gasteiger partial charge < -0.3 is 16.0 Å². The Labute approximate surface area is 96.4 Å². The Bertz CT molecular complexity index is 296. The standard InChI is InChI=1S/C11H21N3O2/c1-7-9(15)13-5-6-14(7)10(16)8(12)11(2,3)4/h7-8H,5-6,12H2,1-4H3,(H,13,15)/t7?,8-/m1/s1. The molecule has 0 bridgehead atoms. The molecule has 5 nitrogen and oxygen atoms in total. The van der Waals surface area contributed by atoms with Crippen molar-refractivity contribution >= 4 is 11.8 Å². The van der Waals surface area contributed by atoms with Crippen LogP contribution in [0.5, 0.6) is 0 Å². The lowest BCUT2D eigenvalue weighted by atomic mass is 9.86. The maximum atomic E-state index is 12.1. The number of amides is 2.